The number of aromatic nitrogens is 1. The average molecular weight is 307 g/mol. The normalized spacial score (nSPS) is 19.0. The molecule has 1 aromatic rings. The quantitative estimate of drug-likeness (QED) is 0.919. The molecule has 22 heavy (non-hydrogen) atoms. The minimum Gasteiger partial charge on any atom is -0.444 e. The Balaban J connectivity index is 1.85. The molecule has 0 aliphatic carbocycles. The highest BCUT2D eigenvalue weighted by Gasteiger charge is 2.30. The van der Waals surface area contributed by atoms with Crippen LogP contribution in [0.15, 0.2) is 24.5 Å². The fraction of sp³-hybridized carbons (Fsp3) is 0.625. The molecular weight excluding hydrogens is 282 g/mol. The highest BCUT2D eigenvalue weighted by Crippen LogP contribution is 2.14. The van der Waals surface area contributed by atoms with Crippen LogP contribution < -0.4 is 5.32 Å². The molecule has 0 saturated carbocycles. The molecule has 122 valence electrons. The Morgan fingerprint density at radius 1 is 1.55 bits per heavy atom. The molecule has 6 nitrogen and oxygen atoms in total. The van der Waals surface area contributed by atoms with Crippen molar-refractivity contribution in [1.29, 1.82) is 0 Å². The van der Waals surface area contributed by atoms with E-state index in [0.29, 0.717) is 32.8 Å². The van der Waals surface area contributed by atoms with Crippen molar-refractivity contribution in [3.63, 3.8) is 0 Å². The largest absolute Gasteiger partial charge is 0.444 e. The number of hydrogen-bond donors (Lipinski definition) is 1. The first-order chi connectivity index (χ1) is 10.5. The van der Waals surface area contributed by atoms with E-state index in [1.165, 1.54) is 0 Å². The van der Waals surface area contributed by atoms with Crippen LogP contribution in [-0.2, 0) is 16.0 Å². The summed E-state index contributed by atoms with van der Waals surface area (Å²) in [6.45, 7) is 8.65. The summed E-state index contributed by atoms with van der Waals surface area (Å²) >= 11 is 0. The number of nitrogens with one attached hydrogen (secondary N) is 1. The topological polar surface area (TPSA) is 63.7 Å². The van der Waals surface area contributed by atoms with Gasteiger partial charge in [-0.25, -0.2) is 4.79 Å². The standard InChI is InChI=1S/C16H25N3O3/c1-16(2,3)22-15(20)19-7-8-21-12-14(19)11-18-10-13-5-4-6-17-9-13/h4-6,9,14,18H,7-8,10-12H2,1-3H3. The molecule has 0 aromatic carbocycles. The fourth-order valence-corrected chi connectivity index (χ4v) is 2.27. The average Bonchev–Trinajstić information content (AvgIpc) is 2.47. The van der Waals surface area contributed by atoms with Gasteiger partial charge in [-0.05, 0) is 32.4 Å². The van der Waals surface area contributed by atoms with Crippen LogP contribution in [0.3, 0.4) is 0 Å². The summed E-state index contributed by atoms with van der Waals surface area (Å²) in [7, 11) is 0. The fourth-order valence-electron chi connectivity index (χ4n) is 2.27. The van der Waals surface area contributed by atoms with Crippen molar-refractivity contribution < 1.29 is 14.3 Å². The van der Waals surface area contributed by atoms with Crippen LogP contribution in [0.25, 0.3) is 0 Å². The summed E-state index contributed by atoms with van der Waals surface area (Å²) in [5.41, 5.74) is 0.631. The second kappa shape index (κ2) is 7.56. The van der Waals surface area contributed by atoms with Gasteiger partial charge in [0.2, 0.25) is 0 Å². The van der Waals surface area contributed by atoms with Crippen molar-refractivity contribution in [2.24, 2.45) is 0 Å². The van der Waals surface area contributed by atoms with E-state index >= 15 is 0 Å². The lowest BCUT2D eigenvalue weighted by molar-refractivity contribution is -0.0317. The summed E-state index contributed by atoms with van der Waals surface area (Å²) < 4.78 is 11.0. The van der Waals surface area contributed by atoms with Gasteiger partial charge in [-0.3, -0.25) is 9.88 Å². The molecule has 2 heterocycles. The number of pyridine rings is 1. The van der Waals surface area contributed by atoms with Gasteiger partial charge in [0.25, 0.3) is 0 Å². The maximum absolute atomic E-state index is 12.3. The van der Waals surface area contributed by atoms with E-state index in [1.54, 1.807) is 11.1 Å². The van der Waals surface area contributed by atoms with Gasteiger partial charge < -0.3 is 14.8 Å². The molecule has 1 fully saturated rings. The molecule has 0 bridgehead atoms. The highest BCUT2D eigenvalue weighted by molar-refractivity contribution is 5.68. The smallest absolute Gasteiger partial charge is 0.410 e. The Bertz CT molecular complexity index is 473. The predicted octanol–water partition coefficient (Wildman–Crippen LogP) is 1.81. The van der Waals surface area contributed by atoms with Gasteiger partial charge in [-0.15, -0.1) is 0 Å². The third-order valence-corrected chi connectivity index (χ3v) is 3.29. The molecule has 0 spiro atoms. The van der Waals surface area contributed by atoms with Crippen molar-refractivity contribution in [1.82, 2.24) is 15.2 Å². The maximum atomic E-state index is 12.3. The number of hydrogen-bond acceptors (Lipinski definition) is 5. The maximum Gasteiger partial charge on any atom is 0.410 e. The van der Waals surface area contributed by atoms with E-state index in [0.717, 1.165) is 5.56 Å². The van der Waals surface area contributed by atoms with Crippen LogP contribution >= 0.6 is 0 Å². The van der Waals surface area contributed by atoms with Gasteiger partial charge in [-0.1, -0.05) is 6.07 Å². The molecule has 2 rings (SSSR count). The Morgan fingerprint density at radius 3 is 3.05 bits per heavy atom. The minimum atomic E-state index is -0.483. The summed E-state index contributed by atoms with van der Waals surface area (Å²) in [5.74, 6) is 0. The van der Waals surface area contributed by atoms with E-state index in [-0.39, 0.29) is 12.1 Å². The molecule has 1 aliphatic rings. The molecule has 0 radical (unpaired) electrons. The Kier molecular flexibility index (Phi) is 5.74. The molecule has 1 aromatic heterocycles. The minimum absolute atomic E-state index is 0.0136. The Morgan fingerprint density at radius 2 is 2.36 bits per heavy atom. The molecule has 1 N–H and O–H groups in total. The number of ether oxygens (including phenoxy) is 2. The van der Waals surface area contributed by atoms with Gasteiger partial charge >= 0.3 is 6.09 Å². The molecule has 1 aliphatic heterocycles. The SMILES string of the molecule is CC(C)(C)OC(=O)N1CCOCC1CNCc1cccnc1. The van der Waals surface area contributed by atoms with Crippen LogP contribution in [0.5, 0.6) is 0 Å². The van der Waals surface area contributed by atoms with E-state index < -0.39 is 5.60 Å². The van der Waals surface area contributed by atoms with E-state index in [4.69, 9.17) is 9.47 Å². The summed E-state index contributed by atoms with van der Waals surface area (Å²) in [5, 5.41) is 3.35. The van der Waals surface area contributed by atoms with Crippen LogP contribution in [-0.4, -0.2) is 53.9 Å². The van der Waals surface area contributed by atoms with Crippen LogP contribution in [0.1, 0.15) is 26.3 Å². The van der Waals surface area contributed by atoms with Crippen LogP contribution in [0.2, 0.25) is 0 Å². The van der Waals surface area contributed by atoms with Crippen molar-refractivity contribution >= 4 is 6.09 Å². The Hall–Kier alpha value is -1.66. The van der Waals surface area contributed by atoms with Gasteiger partial charge in [0.1, 0.15) is 5.60 Å². The second-order valence-electron chi connectivity index (χ2n) is 6.39. The number of morpholine rings is 1. The number of carbonyl (C=O) groups excluding carboxylic acids is 1. The lowest BCUT2D eigenvalue weighted by Gasteiger charge is -2.36. The molecule has 6 heteroatoms. The highest BCUT2D eigenvalue weighted by atomic mass is 16.6. The first-order valence-corrected chi connectivity index (χ1v) is 7.63. The first-order valence-electron chi connectivity index (χ1n) is 7.63. The van der Waals surface area contributed by atoms with Crippen molar-refractivity contribution in [2.75, 3.05) is 26.3 Å². The summed E-state index contributed by atoms with van der Waals surface area (Å²) in [6.07, 6.45) is 3.31. The second-order valence-corrected chi connectivity index (χ2v) is 6.39. The first kappa shape index (κ1) is 16.7. The number of amides is 1. The Labute approximate surface area is 131 Å². The molecule has 1 unspecified atom stereocenters. The molecule has 1 atom stereocenters. The molecule has 1 saturated heterocycles. The van der Waals surface area contributed by atoms with Gasteiger partial charge in [0.05, 0.1) is 19.3 Å². The zero-order valence-electron chi connectivity index (χ0n) is 13.5. The summed E-state index contributed by atoms with van der Waals surface area (Å²) in [6, 6.07) is 3.91. The number of nitrogens with zero attached hydrogens (tertiary/aromatic N) is 2. The van der Waals surface area contributed by atoms with Crippen molar-refractivity contribution in [3.8, 4) is 0 Å². The van der Waals surface area contributed by atoms with E-state index in [9.17, 15) is 4.79 Å². The monoisotopic (exact) mass is 307 g/mol. The van der Waals surface area contributed by atoms with Crippen LogP contribution in [0, 0.1) is 0 Å². The molecule has 1 amide bonds. The lowest BCUT2D eigenvalue weighted by atomic mass is 10.2. The van der Waals surface area contributed by atoms with Crippen LogP contribution in [0.4, 0.5) is 4.79 Å². The molecular formula is C16H25N3O3. The van der Waals surface area contributed by atoms with Gasteiger partial charge in [0, 0.05) is 32.0 Å². The predicted molar refractivity (Wildman–Crippen MR) is 83.5 cm³/mol. The van der Waals surface area contributed by atoms with E-state index in [1.807, 2.05) is 39.1 Å². The zero-order chi connectivity index (χ0) is 16.0. The van der Waals surface area contributed by atoms with Crippen molar-refractivity contribution in [3.05, 3.63) is 30.1 Å². The summed E-state index contributed by atoms with van der Waals surface area (Å²) in [4.78, 5) is 18.1. The third kappa shape index (κ3) is 5.27. The zero-order valence-corrected chi connectivity index (χ0v) is 13.5. The van der Waals surface area contributed by atoms with Gasteiger partial charge in [-0.2, -0.15) is 0 Å². The third-order valence-electron chi connectivity index (χ3n) is 3.29. The van der Waals surface area contributed by atoms with Crippen molar-refractivity contribution in [2.45, 2.75) is 39.0 Å². The number of carbonyl (C=O) groups is 1. The van der Waals surface area contributed by atoms with Gasteiger partial charge in [0.15, 0.2) is 0 Å². The lowest BCUT2D eigenvalue weighted by Crippen LogP contribution is -2.54. The number of rotatable bonds is 4. The van der Waals surface area contributed by atoms with E-state index in [2.05, 4.69) is 10.3 Å².